The third-order valence-corrected chi connectivity index (χ3v) is 5.34. The molecule has 0 aromatic heterocycles. The van der Waals surface area contributed by atoms with Crippen LogP contribution in [0.2, 0.25) is 0 Å². The zero-order valence-electron chi connectivity index (χ0n) is 19.3. The molecule has 1 aromatic carbocycles. The number of carbonyl (C=O) groups excluding carboxylic acids is 2. The normalized spacial score (nSPS) is 13.4. The first-order chi connectivity index (χ1) is 15.1. The third-order valence-electron chi connectivity index (χ3n) is 5.34. The van der Waals surface area contributed by atoms with E-state index in [1.807, 2.05) is 6.92 Å². The minimum atomic E-state index is -0.281. The number of methoxy groups -OCH3 is 2. The second-order valence-electron chi connectivity index (χ2n) is 7.71. The topological polar surface area (TPSA) is 74.2 Å². The lowest BCUT2D eigenvalue weighted by Crippen LogP contribution is -2.18. The predicted octanol–water partition coefficient (Wildman–Crippen LogP) is 5.91. The number of ether oxygens (including phenoxy) is 2. The Morgan fingerprint density at radius 3 is 2.10 bits per heavy atom. The van der Waals surface area contributed by atoms with Crippen molar-refractivity contribution in [1.29, 1.82) is 0 Å². The number of unbranched alkanes of at least 4 members (excludes halogenated alkanes) is 6. The number of oxime groups is 1. The lowest BCUT2D eigenvalue weighted by Gasteiger charge is -2.20. The highest BCUT2D eigenvalue weighted by Crippen LogP contribution is 2.38. The van der Waals surface area contributed by atoms with E-state index in [-0.39, 0.29) is 22.7 Å². The van der Waals surface area contributed by atoms with Crippen LogP contribution in [0.1, 0.15) is 97.9 Å². The Balaban J connectivity index is 2.34. The quantitative estimate of drug-likeness (QED) is 0.209. The summed E-state index contributed by atoms with van der Waals surface area (Å²) >= 11 is 0. The Morgan fingerprint density at radius 1 is 0.839 bits per heavy atom. The van der Waals surface area contributed by atoms with Crippen LogP contribution in [0.5, 0.6) is 11.5 Å². The van der Waals surface area contributed by atoms with Crippen LogP contribution in [-0.4, -0.2) is 38.1 Å². The maximum absolute atomic E-state index is 12.7. The molecule has 0 amide bonds. The van der Waals surface area contributed by atoms with Crippen LogP contribution in [0.25, 0.3) is 0 Å². The van der Waals surface area contributed by atoms with E-state index < -0.39 is 0 Å². The van der Waals surface area contributed by atoms with Gasteiger partial charge in [0.2, 0.25) is 0 Å². The van der Waals surface area contributed by atoms with E-state index in [0.29, 0.717) is 35.8 Å². The molecule has 0 unspecified atom stereocenters. The van der Waals surface area contributed by atoms with Crippen molar-refractivity contribution in [3.05, 3.63) is 34.9 Å². The SMILES string of the molecule is CCCCCCCCC/C(=N\OCCC)c1cc(OC)c2c(c1OC)C(=O)C=CC2=O. The molecule has 6 heteroatoms. The van der Waals surface area contributed by atoms with Gasteiger partial charge in [-0.05, 0) is 37.5 Å². The molecule has 6 nitrogen and oxygen atoms in total. The Morgan fingerprint density at radius 2 is 1.48 bits per heavy atom. The monoisotopic (exact) mass is 429 g/mol. The van der Waals surface area contributed by atoms with Crippen molar-refractivity contribution in [2.24, 2.45) is 5.16 Å². The number of allylic oxidation sites excluding steroid dienone is 2. The second kappa shape index (κ2) is 12.9. The van der Waals surface area contributed by atoms with Gasteiger partial charge in [-0.2, -0.15) is 0 Å². The highest BCUT2D eigenvalue weighted by molar-refractivity contribution is 6.25. The van der Waals surface area contributed by atoms with Crippen molar-refractivity contribution in [2.45, 2.75) is 71.6 Å². The zero-order valence-corrected chi connectivity index (χ0v) is 19.3. The van der Waals surface area contributed by atoms with Crippen molar-refractivity contribution in [3.63, 3.8) is 0 Å². The summed E-state index contributed by atoms with van der Waals surface area (Å²) in [5.41, 5.74) is 1.80. The van der Waals surface area contributed by atoms with Crippen LogP contribution in [0.3, 0.4) is 0 Å². The summed E-state index contributed by atoms with van der Waals surface area (Å²) in [6, 6.07) is 1.73. The zero-order chi connectivity index (χ0) is 22.6. The van der Waals surface area contributed by atoms with Crippen LogP contribution < -0.4 is 9.47 Å². The van der Waals surface area contributed by atoms with E-state index in [0.717, 1.165) is 19.3 Å². The van der Waals surface area contributed by atoms with Crippen molar-refractivity contribution >= 4 is 17.3 Å². The summed E-state index contributed by atoms with van der Waals surface area (Å²) in [5.74, 6) is 0.136. The fourth-order valence-corrected chi connectivity index (χ4v) is 3.72. The Bertz CT molecular complexity index is 826. The molecule has 0 heterocycles. The minimum absolute atomic E-state index is 0.229. The summed E-state index contributed by atoms with van der Waals surface area (Å²) in [5, 5.41) is 4.37. The van der Waals surface area contributed by atoms with Crippen LogP contribution in [0.15, 0.2) is 23.4 Å². The smallest absolute Gasteiger partial charge is 0.190 e. The van der Waals surface area contributed by atoms with E-state index in [4.69, 9.17) is 14.3 Å². The minimum Gasteiger partial charge on any atom is -0.496 e. The molecule has 0 bridgehead atoms. The molecule has 1 aromatic rings. The van der Waals surface area contributed by atoms with E-state index >= 15 is 0 Å². The van der Waals surface area contributed by atoms with E-state index in [1.165, 1.54) is 58.5 Å². The van der Waals surface area contributed by atoms with Gasteiger partial charge in [0.15, 0.2) is 11.6 Å². The standard InChI is InChI=1S/C25H35NO5/c1-5-7-8-9-10-11-12-13-19(26-31-16-6-2)18-17-22(29-3)23-20(27)14-15-21(28)24(23)25(18)30-4/h14-15,17H,5-13,16H2,1-4H3/b26-19+. The third kappa shape index (κ3) is 6.42. The molecule has 31 heavy (non-hydrogen) atoms. The molecule has 0 N–H and O–H groups in total. The van der Waals surface area contributed by atoms with Crippen LogP contribution in [0.4, 0.5) is 0 Å². The van der Waals surface area contributed by atoms with Crippen molar-refractivity contribution < 1.29 is 23.9 Å². The maximum atomic E-state index is 12.7. The summed E-state index contributed by atoms with van der Waals surface area (Å²) in [6.45, 7) is 4.74. The molecule has 1 aliphatic carbocycles. The summed E-state index contributed by atoms with van der Waals surface area (Å²) in [6.07, 6.45) is 12.4. The van der Waals surface area contributed by atoms with Crippen molar-refractivity contribution in [3.8, 4) is 11.5 Å². The lowest BCUT2D eigenvalue weighted by molar-refractivity contribution is 0.0989. The number of hydrogen-bond donors (Lipinski definition) is 0. The van der Waals surface area contributed by atoms with Gasteiger partial charge < -0.3 is 14.3 Å². The molecule has 0 radical (unpaired) electrons. The molecule has 0 aliphatic heterocycles. The van der Waals surface area contributed by atoms with Crippen molar-refractivity contribution in [2.75, 3.05) is 20.8 Å². The first-order valence-corrected chi connectivity index (χ1v) is 11.3. The van der Waals surface area contributed by atoms with Crippen molar-refractivity contribution in [1.82, 2.24) is 0 Å². The molecule has 0 saturated carbocycles. The van der Waals surface area contributed by atoms with E-state index in [1.54, 1.807) is 6.07 Å². The molecule has 0 fully saturated rings. The molecular weight excluding hydrogens is 394 g/mol. The average molecular weight is 430 g/mol. The Kier molecular flexibility index (Phi) is 10.3. The molecule has 170 valence electrons. The molecule has 0 spiro atoms. The van der Waals surface area contributed by atoms with E-state index in [2.05, 4.69) is 12.1 Å². The Hall–Kier alpha value is -2.63. The van der Waals surface area contributed by atoms with Gasteiger partial charge >= 0.3 is 0 Å². The van der Waals surface area contributed by atoms with Crippen LogP contribution >= 0.6 is 0 Å². The molecular formula is C25H35NO5. The van der Waals surface area contributed by atoms with Gasteiger partial charge in [-0.25, -0.2) is 0 Å². The van der Waals surface area contributed by atoms with Gasteiger partial charge in [-0.1, -0.05) is 57.5 Å². The highest BCUT2D eigenvalue weighted by Gasteiger charge is 2.31. The number of hydrogen-bond acceptors (Lipinski definition) is 6. The van der Waals surface area contributed by atoms with E-state index in [9.17, 15) is 9.59 Å². The number of carbonyl (C=O) groups is 2. The lowest BCUT2D eigenvalue weighted by atomic mass is 9.88. The Labute approximate surface area is 185 Å². The largest absolute Gasteiger partial charge is 0.496 e. The molecule has 1 aliphatic rings. The highest BCUT2D eigenvalue weighted by atomic mass is 16.6. The van der Waals surface area contributed by atoms with Gasteiger partial charge in [0.25, 0.3) is 0 Å². The summed E-state index contributed by atoms with van der Waals surface area (Å²) in [7, 11) is 2.99. The van der Waals surface area contributed by atoms with Crippen LogP contribution in [0, 0.1) is 0 Å². The first-order valence-electron chi connectivity index (χ1n) is 11.3. The second-order valence-corrected chi connectivity index (χ2v) is 7.71. The number of fused-ring (bicyclic) bond motifs is 1. The van der Waals surface area contributed by atoms with Gasteiger partial charge in [-0.3, -0.25) is 9.59 Å². The predicted molar refractivity (Wildman–Crippen MR) is 123 cm³/mol. The molecule has 0 atom stereocenters. The van der Waals surface area contributed by atoms with Gasteiger partial charge in [0, 0.05) is 5.56 Å². The summed E-state index contributed by atoms with van der Waals surface area (Å²) < 4.78 is 11.1. The van der Waals surface area contributed by atoms with Gasteiger partial charge in [0.05, 0.1) is 31.1 Å². The maximum Gasteiger partial charge on any atom is 0.190 e. The fourth-order valence-electron chi connectivity index (χ4n) is 3.72. The number of ketones is 2. The molecule has 2 rings (SSSR count). The first kappa shape index (κ1) is 24.6. The molecule has 0 saturated heterocycles. The number of rotatable bonds is 14. The van der Waals surface area contributed by atoms with Gasteiger partial charge in [0.1, 0.15) is 18.1 Å². The van der Waals surface area contributed by atoms with Crippen LogP contribution in [-0.2, 0) is 4.84 Å². The average Bonchev–Trinajstić information content (AvgIpc) is 2.78. The number of nitrogens with zero attached hydrogens (tertiary/aromatic N) is 1. The summed E-state index contributed by atoms with van der Waals surface area (Å²) in [4.78, 5) is 30.6. The fraction of sp³-hybridized carbons (Fsp3) is 0.560. The number of benzene rings is 1. The van der Waals surface area contributed by atoms with Gasteiger partial charge in [-0.15, -0.1) is 0 Å².